The molecule has 0 radical (unpaired) electrons. The van der Waals surface area contributed by atoms with Crippen LogP contribution >= 0.6 is 0 Å². The van der Waals surface area contributed by atoms with Crippen molar-refractivity contribution in [1.82, 2.24) is 10.1 Å². The second-order valence-electron chi connectivity index (χ2n) is 9.49. The molecule has 38 heavy (non-hydrogen) atoms. The summed E-state index contributed by atoms with van der Waals surface area (Å²) in [5.74, 6) is -1.17. The molecule has 1 fully saturated rings. The van der Waals surface area contributed by atoms with Gasteiger partial charge in [0.1, 0.15) is 0 Å². The Hall–Kier alpha value is -4.17. The third-order valence-corrected chi connectivity index (χ3v) is 6.71. The first-order valence-corrected chi connectivity index (χ1v) is 12.7. The maximum Gasteiger partial charge on any atom is 0.328 e. The number of rotatable bonds is 8. The van der Waals surface area contributed by atoms with Crippen LogP contribution in [0.4, 0.5) is 0 Å². The summed E-state index contributed by atoms with van der Waals surface area (Å²) in [5.41, 5.74) is 3.41. The number of piperidine rings is 1. The zero-order valence-corrected chi connectivity index (χ0v) is 21.4. The minimum absolute atomic E-state index is 0.558. The van der Waals surface area contributed by atoms with Gasteiger partial charge in [-0.2, -0.15) is 0 Å². The molecule has 1 saturated heterocycles. The van der Waals surface area contributed by atoms with E-state index in [4.69, 9.17) is 19.5 Å². The lowest BCUT2D eigenvalue weighted by Gasteiger charge is -2.32. The number of fused-ring (bicyclic) bond motifs is 2. The number of aromatic nitrogens is 1. The minimum Gasteiger partial charge on any atom is -0.478 e. The maximum atomic E-state index is 9.55. The van der Waals surface area contributed by atoms with Crippen LogP contribution in [-0.4, -0.2) is 51.9 Å². The van der Waals surface area contributed by atoms with E-state index < -0.39 is 11.9 Å². The summed E-state index contributed by atoms with van der Waals surface area (Å²) in [7, 11) is 0. The molecule has 0 atom stereocenters. The third kappa shape index (κ3) is 7.43. The first kappa shape index (κ1) is 26.9. The van der Waals surface area contributed by atoms with Crippen molar-refractivity contribution in [3.05, 3.63) is 83.9 Å². The van der Waals surface area contributed by atoms with Crippen molar-refractivity contribution >= 4 is 33.7 Å². The van der Waals surface area contributed by atoms with Crippen LogP contribution in [-0.2, 0) is 16.1 Å². The largest absolute Gasteiger partial charge is 0.478 e. The Morgan fingerprint density at radius 1 is 1.00 bits per heavy atom. The summed E-state index contributed by atoms with van der Waals surface area (Å²) in [6.07, 6.45) is 4.65. The summed E-state index contributed by atoms with van der Waals surface area (Å²) in [4.78, 5) is 21.7. The van der Waals surface area contributed by atoms with E-state index >= 15 is 0 Å². The van der Waals surface area contributed by atoms with Gasteiger partial charge in [-0.25, -0.2) is 9.59 Å². The Balaban J connectivity index is 0.000000368. The summed E-state index contributed by atoms with van der Waals surface area (Å²) >= 11 is 0. The van der Waals surface area contributed by atoms with Gasteiger partial charge in [-0.05, 0) is 78.8 Å². The maximum absolute atomic E-state index is 9.55. The highest BCUT2D eigenvalue weighted by molar-refractivity contribution is 5.89. The number of carboxylic acid groups (broad SMARTS) is 2. The molecule has 198 valence electrons. The summed E-state index contributed by atoms with van der Waals surface area (Å²) in [6.45, 7) is 6.11. The zero-order chi connectivity index (χ0) is 26.9. The van der Waals surface area contributed by atoms with Gasteiger partial charge in [-0.1, -0.05) is 54.1 Å². The average molecular weight is 517 g/mol. The lowest BCUT2D eigenvalue weighted by Crippen LogP contribution is -2.33. The summed E-state index contributed by atoms with van der Waals surface area (Å²) in [5, 5.41) is 23.4. The lowest BCUT2D eigenvalue weighted by molar-refractivity contribution is -0.134. The Bertz CT molecular complexity index is 1400. The van der Waals surface area contributed by atoms with Crippen LogP contribution in [0.2, 0.25) is 0 Å². The summed E-state index contributed by atoms with van der Waals surface area (Å²) < 4.78 is 11.3. The standard InChI is InChI=1S/C26H28N2O2.C4H4O4/c1-19-9-10-25-24(17-19)26(27-30-25)29-16-13-20-11-14-28(15-12-20)18-22-7-4-6-21-5-2-3-8-23(21)22;5-3(6)1-2-4(7)8/h2-10,17,20H,11-16,18H2,1H3;1-2H,(H,5,6)(H,7,8). The molecule has 0 saturated carbocycles. The lowest BCUT2D eigenvalue weighted by atomic mass is 9.93. The number of hydrogen-bond acceptors (Lipinski definition) is 6. The average Bonchev–Trinajstić information content (AvgIpc) is 3.31. The Morgan fingerprint density at radius 3 is 2.45 bits per heavy atom. The number of benzene rings is 3. The molecule has 0 amide bonds. The normalized spacial score (nSPS) is 14.4. The van der Waals surface area contributed by atoms with Gasteiger partial charge in [0.15, 0.2) is 5.58 Å². The number of ether oxygens (including phenoxy) is 1. The highest BCUT2D eigenvalue weighted by atomic mass is 16.5. The predicted octanol–water partition coefficient (Wildman–Crippen LogP) is 5.68. The molecular weight excluding hydrogens is 484 g/mol. The van der Waals surface area contributed by atoms with Crippen LogP contribution in [0.25, 0.3) is 21.7 Å². The summed E-state index contributed by atoms with van der Waals surface area (Å²) in [6, 6.07) is 21.4. The Morgan fingerprint density at radius 2 is 1.71 bits per heavy atom. The second-order valence-corrected chi connectivity index (χ2v) is 9.49. The molecule has 0 unspecified atom stereocenters. The number of nitrogens with zero attached hydrogens (tertiary/aromatic N) is 2. The van der Waals surface area contributed by atoms with Crippen LogP contribution in [0.5, 0.6) is 5.88 Å². The van der Waals surface area contributed by atoms with Crippen molar-refractivity contribution < 1.29 is 29.1 Å². The number of aliphatic carboxylic acids is 2. The van der Waals surface area contributed by atoms with Gasteiger partial charge in [0.2, 0.25) is 0 Å². The topological polar surface area (TPSA) is 113 Å². The fourth-order valence-electron chi connectivity index (χ4n) is 4.70. The molecule has 8 nitrogen and oxygen atoms in total. The van der Waals surface area contributed by atoms with E-state index in [0.29, 0.717) is 30.6 Å². The predicted molar refractivity (Wildman–Crippen MR) is 145 cm³/mol. The molecule has 0 spiro atoms. The van der Waals surface area contributed by atoms with Crippen molar-refractivity contribution in [2.75, 3.05) is 19.7 Å². The molecule has 5 rings (SSSR count). The van der Waals surface area contributed by atoms with Crippen molar-refractivity contribution in [2.24, 2.45) is 5.92 Å². The SMILES string of the molecule is Cc1ccc2onc(OCCC3CCN(Cc4cccc5ccccc45)CC3)c2c1.O=C(O)C=CC(=O)O. The molecule has 8 heteroatoms. The van der Waals surface area contributed by atoms with Crippen LogP contribution in [0.1, 0.15) is 30.4 Å². The molecule has 1 aliphatic heterocycles. The molecular formula is C30H32N2O6. The van der Waals surface area contributed by atoms with Gasteiger partial charge in [0.05, 0.1) is 12.0 Å². The van der Waals surface area contributed by atoms with Gasteiger partial charge < -0.3 is 19.5 Å². The Labute approximate surface area is 221 Å². The second kappa shape index (κ2) is 12.9. The van der Waals surface area contributed by atoms with E-state index in [1.807, 2.05) is 12.1 Å². The monoisotopic (exact) mass is 516 g/mol. The number of carboxylic acids is 2. The molecule has 2 N–H and O–H groups in total. The molecule has 1 aliphatic rings. The van der Waals surface area contributed by atoms with E-state index in [0.717, 1.165) is 37.0 Å². The molecule has 1 aromatic heterocycles. The third-order valence-electron chi connectivity index (χ3n) is 6.71. The highest BCUT2D eigenvalue weighted by Gasteiger charge is 2.20. The van der Waals surface area contributed by atoms with Crippen molar-refractivity contribution in [2.45, 2.75) is 32.7 Å². The van der Waals surface area contributed by atoms with Crippen LogP contribution < -0.4 is 4.74 Å². The molecule has 0 aliphatic carbocycles. The first-order valence-electron chi connectivity index (χ1n) is 12.7. The van der Waals surface area contributed by atoms with Gasteiger partial charge in [0, 0.05) is 18.7 Å². The van der Waals surface area contributed by atoms with Gasteiger partial charge in [-0.15, -0.1) is 0 Å². The molecule has 2 heterocycles. The molecule has 3 aromatic carbocycles. The van der Waals surface area contributed by atoms with Gasteiger partial charge in [0.25, 0.3) is 5.88 Å². The number of carbonyl (C=O) groups is 2. The van der Waals surface area contributed by atoms with Crippen molar-refractivity contribution in [3.8, 4) is 5.88 Å². The smallest absolute Gasteiger partial charge is 0.328 e. The van der Waals surface area contributed by atoms with E-state index in [1.54, 1.807) is 0 Å². The Kier molecular flexibility index (Phi) is 9.11. The molecule has 4 aromatic rings. The zero-order valence-electron chi connectivity index (χ0n) is 21.4. The first-order chi connectivity index (χ1) is 18.4. The van der Waals surface area contributed by atoms with E-state index in [-0.39, 0.29) is 0 Å². The van der Waals surface area contributed by atoms with Gasteiger partial charge >= 0.3 is 11.9 Å². The number of likely N-dealkylation sites (tertiary alicyclic amines) is 1. The number of aryl methyl sites for hydroxylation is 1. The fraction of sp³-hybridized carbons (Fsp3) is 0.300. The van der Waals surface area contributed by atoms with E-state index in [1.165, 1.54) is 34.7 Å². The van der Waals surface area contributed by atoms with E-state index in [2.05, 4.69) is 65.5 Å². The number of hydrogen-bond donors (Lipinski definition) is 2. The quantitative estimate of drug-likeness (QED) is 0.288. The van der Waals surface area contributed by atoms with Crippen LogP contribution in [0, 0.1) is 12.8 Å². The van der Waals surface area contributed by atoms with E-state index in [9.17, 15) is 9.59 Å². The van der Waals surface area contributed by atoms with Crippen LogP contribution in [0.3, 0.4) is 0 Å². The van der Waals surface area contributed by atoms with Crippen molar-refractivity contribution in [1.29, 1.82) is 0 Å². The van der Waals surface area contributed by atoms with Crippen molar-refractivity contribution in [3.63, 3.8) is 0 Å². The fourth-order valence-corrected chi connectivity index (χ4v) is 4.70. The van der Waals surface area contributed by atoms with Crippen LogP contribution in [0.15, 0.2) is 77.3 Å². The minimum atomic E-state index is -1.26. The highest BCUT2D eigenvalue weighted by Crippen LogP contribution is 2.28. The molecule has 0 bridgehead atoms. The van der Waals surface area contributed by atoms with Gasteiger partial charge in [-0.3, -0.25) is 4.90 Å².